The number of hydrogen-bond acceptors (Lipinski definition) is 2. The maximum atomic E-state index is 13.1. The van der Waals surface area contributed by atoms with Crippen molar-refractivity contribution in [1.29, 1.82) is 0 Å². The first-order chi connectivity index (χ1) is 8.42. The molecule has 2 N–H and O–H groups in total. The maximum absolute atomic E-state index is 13.1. The summed E-state index contributed by atoms with van der Waals surface area (Å²) in [5.41, 5.74) is 3.20. The molecule has 0 aliphatic rings. The molecule has 0 radical (unpaired) electrons. The molecule has 2 aromatic rings. The predicted octanol–water partition coefficient (Wildman–Crippen LogP) is 3.93. The molecule has 0 spiro atoms. The van der Waals surface area contributed by atoms with Crippen molar-refractivity contribution in [2.24, 2.45) is 0 Å². The summed E-state index contributed by atoms with van der Waals surface area (Å²) in [6.45, 7) is 0. The van der Waals surface area contributed by atoms with Gasteiger partial charge in [0.1, 0.15) is 5.75 Å². The standard InChI is InChI=1S/C12H9ClF3NO/c13-11(14)12(15,16)18-10-6-2-3-7-8(10)4-1-5-9(7)17/h1-6,11H,17H2. The summed E-state index contributed by atoms with van der Waals surface area (Å²) < 4.78 is 43.0. The van der Waals surface area contributed by atoms with Crippen LogP contribution < -0.4 is 10.5 Å². The van der Waals surface area contributed by atoms with Gasteiger partial charge in [0.15, 0.2) is 0 Å². The van der Waals surface area contributed by atoms with Gasteiger partial charge in [-0.3, -0.25) is 0 Å². The molecule has 18 heavy (non-hydrogen) atoms. The molecule has 2 nitrogen and oxygen atoms in total. The summed E-state index contributed by atoms with van der Waals surface area (Å²) in [7, 11) is 0. The van der Waals surface area contributed by atoms with E-state index in [1.54, 1.807) is 24.3 Å². The van der Waals surface area contributed by atoms with E-state index in [0.29, 0.717) is 16.5 Å². The minimum absolute atomic E-state index is 0.173. The number of fused-ring (bicyclic) bond motifs is 1. The van der Waals surface area contributed by atoms with Crippen molar-refractivity contribution in [2.75, 3.05) is 5.73 Å². The smallest absolute Gasteiger partial charge is 0.429 e. The summed E-state index contributed by atoms with van der Waals surface area (Å²) in [5.74, 6) is -0.173. The highest BCUT2D eigenvalue weighted by molar-refractivity contribution is 6.20. The van der Waals surface area contributed by atoms with Crippen molar-refractivity contribution in [1.82, 2.24) is 0 Å². The Morgan fingerprint density at radius 3 is 2.39 bits per heavy atom. The summed E-state index contributed by atoms with van der Waals surface area (Å²) in [4.78, 5) is 0. The summed E-state index contributed by atoms with van der Waals surface area (Å²) >= 11 is 4.74. The van der Waals surface area contributed by atoms with E-state index in [1.807, 2.05) is 0 Å². The van der Waals surface area contributed by atoms with E-state index in [9.17, 15) is 13.2 Å². The van der Waals surface area contributed by atoms with Crippen LogP contribution in [0.25, 0.3) is 10.8 Å². The quantitative estimate of drug-likeness (QED) is 0.680. The van der Waals surface area contributed by atoms with Crippen molar-refractivity contribution < 1.29 is 17.9 Å². The van der Waals surface area contributed by atoms with Gasteiger partial charge in [0.05, 0.1) is 0 Å². The molecule has 2 rings (SSSR count). The topological polar surface area (TPSA) is 35.2 Å². The highest BCUT2D eigenvalue weighted by Crippen LogP contribution is 2.34. The number of anilines is 1. The molecule has 2 aromatic carbocycles. The number of nitrogens with two attached hydrogens (primary N) is 1. The number of benzene rings is 2. The van der Waals surface area contributed by atoms with Gasteiger partial charge in [0.25, 0.3) is 5.63 Å². The lowest BCUT2D eigenvalue weighted by Gasteiger charge is -2.19. The minimum atomic E-state index is -4.10. The van der Waals surface area contributed by atoms with Crippen LogP contribution in [0.15, 0.2) is 36.4 Å². The molecular formula is C12H9ClF3NO. The number of nitrogen functional groups attached to an aromatic ring is 1. The molecule has 96 valence electrons. The van der Waals surface area contributed by atoms with E-state index in [-0.39, 0.29) is 5.75 Å². The van der Waals surface area contributed by atoms with Crippen molar-refractivity contribution in [2.45, 2.75) is 11.7 Å². The Bertz CT molecular complexity index is 574. The molecule has 1 unspecified atom stereocenters. The predicted molar refractivity (Wildman–Crippen MR) is 64.7 cm³/mol. The first-order valence-corrected chi connectivity index (χ1v) is 5.47. The van der Waals surface area contributed by atoms with E-state index in [1.165, 1.54) is 12.1 Å². The van der Waals surface area contributed by atoms with Crippen molar-refractivity contribution in [3.05, 3.63) is 36.4 Å². The molecular weight excluding hydrogens is 267 g/mol. The fraction of sp³-hybridized carbons (Fsp3) is 0.167. The van der Waals surface area contributed by atoms with Gasteiger partial charge < -0.3 is 10.5 Å². The Balaban J connectivity index is 2.49. The average molecular weight is 276 g/mol. The van der Waals surface area contributed by atoms with Crippen LogP contribution in [0.4, 0.5) is 18.9 Å². The fourth-order valence-corrected chi connectivity index (χ4v) is 1.63. The molecule has 0 saturated heterocycles. The van der Waals surface area contributed by atoms with E-state index in [2.05, 4.69) is 4.74 Å². The highest BCUT2D eigenvalue weighted by Gasteiger charge is 2.42. The monoisotopic (exact) mass is 275 g/mol. The molecule has 0 aliphatic carbocycles. The molecule has 0 aliphatic heterocycles. The molecule has 0 saturated carbocycles. The van der Waals surface area contributed by atoms with Crippen molar-refractivity contribution >= 4 is 28.1 Å². The van der Waals surface area contributed by atoms with Crippen LogP contribution in [0, 0.1) is 0 Å². The zero-order chi connectivity index (χ0) is 13.3. The van der Waals surface area contributed by atoms with E-state index < -0.39 is 11.7 Å². The third kappa shape index (κ3) is 2.31. The van der Waals surface area contributed by atoms with E-state index >= 15 is 0 Å². The SMILES string of the molecule is Nc1cccc2c(OC(F)(F)C(F)Cl)cccc12. The Hall–Kier alpha value is -1.62. The molecule has 6 heteroatoms. The van der Waals surface area contributed by atoms with Crippen molar-refractivity contribution in [3.8, 4) is 5.75 Å². The second kappa shape index (κ2) is 4.57. The average Bonchev–Trinajstić information content (AvgIpc) is 2.30. The number of rotatable bonds is 3. The van der Waals surface area contributed by atoms with Crippen LogP contribution in [0.2, 0.25) is 0 Å². The van der Waals surface area contributed by atoms with Crippen LogP contribution in [0.1, 0.15) is 0 Å². The fourth-order valence-electron chi connectivity index (χ4n) is 1.59. The van der Waals surface area contributed by atoms with Gasteiger partial charge in [-0.2, -0.15) is 8.78 Å². The summed E-state index contributed by atoms with van der Waals surface area (Å²) in [6.07, 6.45) is -4.10. The van der Waals surface area contributed by atoms with Gasteiger partial charge in [0, 0.05) is 16.5 Å². The zero-order valence-electron chi connectivity index (χ0n) is 9.04. The first-order valence-electron chi connectivity index (χ1n) is 5.04. The van der Waals surface area contributed by atoms with Crippen LogP contribution in [-0.2, 0) is 0 Å². The third-order valence-electron chi connectivity index (χ3n) is 2.42. The van der Waals surface area contributed by atoms with Gasteiger partial charge in [-0.25, -0.2) is 4.39 Å². The Labute approximate surface area is 106 Å². The lowest BCUT2D eigenvalue weighted by molar-refractivity contribution is -0.198. The van der Waals surface area contributed by atoms with E-state index in [4.69, 9.17) is 17.3 Å². The lowest BCUT2D eigenvalue weighted by Crippen LogP contribution is -2.32. The van der Waals surface area contributed by atoms with Gasteiger partial charge in [-0.15, -0.1) is 0 Å². The van der Waals surface area contributed by atoms with Gasteiger partial charge in [-0.1, -0.05) is 35.9 Å². The molecule has 0 bridgehead atoms. The molecule has 0 aromatic heterocycles. The Kier molecular flexibility index (Phi) is 3.26. The second-order valence-corrected chi connectivity index (χ2v) is 4.05. The summed E-state index contributed by atoms with van der Waals surface area (Å²) in [5, 5.41) is 0.922. The first kappa shape index (κ1) is 12.8. The number of alkyl halides is 4. The van der Waals surface area contributed by atoms with Crippen LogP contribution in [0.5, 0.6) is 5.75 Å². The van der Waals surface area contributed by atoms with Crippen LogP contribution >= 0.6 is 11.6 Å². The highest BCUT2D eigenvalue weighted by atomic mass is 35.5. The minimum Gasteiger partial charge on any atom is -0.429 e. The molecule has 0 amide bonds. The lowest BCUT2D eigenvalue weighted by atomic mass is 10.1. The Morgan fingerprint density at radius 2 is 1.72 bits per heavy atom. The summed E-state index contributed by atoms with van der Waals surface area (Å²) in [6, 6.07) is 9.22. The molecule has 0 fully saturated rings. The molecule has 1 atom stereocenters. The van der Waals surface area contributed by atoms with Crippen LogP contribution in [-0.4, -0.2) is 11.7 Å². The largest absolute Gasteiger partial charge is 0.444 e. The third-order valence-corrected chi connectivity index (χ3v) is 2.67. The Morgan fingerprint density at radius 1 is 1.11 bits per heavy atom. The second-order valence-electron chi connectivity index (χ2n) is 3.66. The van der Waals surface area contributed by atoms with Crippen molar-refractivity contribution in [3.63, 3.8) is 0 Å². The maximum Gasteiger partial charge on any atom is 0.444 e. The zero-order valence-corrected chi connectivity index (χ0v) is 9.79. The van der Waals surface area contributed by atoms with Gasteiger partial charge in [-0.05, 0) is 12.1 Å². The number of ether oxygens (including phenoxy) is 1. The molecule has 0 heterocycles. The normalized spacial score (nSPS) is 13.6. The number of hydrogen-bond donors (Lipinski definition) is 1. The van der Waals surface area contributed by atoms with Gasteiger partial charge >= 0.3 is 6.11 Å². The number of halogens is 4. The van der Waals surface area contributed by atoms with Crippen LogP contribution in [0.3, 0.4) is 0 Å². The van der Waals surface area contributed by atoms with E-state index in [0.717, 1.165) is 0 Å². The van der Waals surface area contributed by atoms with Gasteiger partial charge in [0.2, 0.25) is 0 Å².